The molecule has 142 valence electrons. The number of carbonyl (C=O) groups is 2. The minimum Gasteiger partial charge on any atom is -0.496 e. The Kier molecular flexibility index (Phi) is 6.81. The predicted octanol–water partition coefficient (Wildman–Crippen LogP) is 2.86. The van der Waals surface area contributed by atoms with E-state index >= 15 is 0 Å². The van der Waals surface area contributed by atoms with E-state index in [0.717, 1.165) is 23.8 Å². The number of nitrogens with one attached hydrogen (secondary N) is 1. The number of methoxy groups -OCH3 is 1. The SMILES string of the molecule is COc1ccccc1CCC(=O)OCC(=O)Nc1cc([N+](=O)[O-])ccc1F. The number of anilines is 1. The van der Waals surface area contributed by atoms with Gasteiger partial charge in [-0.1, -0.05) is 18.2 Å². The largest absolute Gasteiger partial charge is 0.496 e. The van der Waals surface area contributed by atoms with Gasteiger partial charge >= 0.3 is 5.97 Å². The highest BCUT2D eigenvalue weighted by molar-refractivity contribution is 5.93. The standard InChI is InChI=1S/C18H17FN2O6/c1-26-16-5-3-2-4-12(16)6-9-18(23)27-11-17(22)20-15-10-13(21(24)25)7-8-14(15)19/h2-5,7-8,10H,6,9,11H2,1H3,(H,20,22). The summed E-state index contributed by atoms with van der Waals surface area (Å²) in [7, 11) is 1.52. The second kappa shape index (κ2) is 9.27. The van der Waals surface area contributed by atoms with Gasteiger partial charge in [-0.05, 0) is 24.1 Å². The average molecular weight is 376 g/mol. The van der Waals surface area contributed by atoms with Gasteiger partial charge in [0.2, 0.25) is 0 Å². The summed E-state index contributed by atoms with van der Waals surface area (Å²) >= 11 is 0. The molecule has 8 nitrogen and oxygen atoms in total. The molecule has 0 aliphatic carbocycles. The van der Waals surface area contributed by atoms with E-state index in [2.05, 4.69) is 5.32 Å². The van der Waals surface area contributed by atoms with Crippen LogP contribution in [-0.4, -0.2) is 30.5 Å². The number of hydrogen-bond acceptors (Lipinski definition) is 6. The summed E-state index contributed by atoms with van der Waals surface area (Å²) in [5.41, 5.74) is 0.0832. The Labute approximate surface area is 154 Å². The van der Waals surface area contributed by atoms with Crippen molar-refractivity contribution in [2.24, 2.45) is 0 Å². The van der Waals surface area contributed by atoms with Crippen molar-refractivity contribution < 1.29 is 28.4 Å². The number of amides is 1. The molecule has 0 saturated carbocycles. The first-order valence-corrected chi connectivity index (χ1v) is 7.92. The fourth-order valence-electron chi connectivity index (χ4n) is 2.27. The smallest absolute Gasteiger partial charge is 0.306 e. The zero-order valence-electron chi connectivity index (χ0n) is 14.4. The van der Waals surface area contributed by atoms with Crippen LogP contribution in [0.1, 0.15) is 12.0 Å². The maximum absolute atomic E-state index is 13.6. The molecule has 0 spiro atoms. The molecule has 0 unspecified atom stereocenters. The first-order chi connectivity index (χ1) is 12.9. The third-order valence-corrected chi connectivity index (χ3v) is 3.59. The van der Waals surface area contributed by atoms with Gasteiger partial charge < -0.3 is 14.8 Å². The van der Waals surface area contributed by atoms with Gasteiger partial charge in [-0.25, -0.2) is 4.39 Å². The summed E-state index contributed by atoms with van der Waals surface area (Å²) < 4.78 is 23.6. The molecule has 0 atom stereocenters. The molecule has 1 N–H and O–H groups in total. The van der Waals surface area contributed by atoms with Crippen LogP contribution in [0.4, 0.5) is 15.8 Å². The molecule has 2 aromatic rings. The number of esters is 1. The van der Waals surface area contributed by atoms with Crippen LogP contribution in [0.15, 0.2) is 42.5 Å². The van der Waals surface area contributed by atoms with E-state index in [1.54, 1.807) is 12.1 Å². The molecular formula is C18H17FN2O6. The monoisotopic (exact) mass is 376 g/mol. The molecule has 0 heterocycles. The number of ether oxygens (including phenoxy) is 2. The molecule has 2 rings (SSSR count). The number of para-hydroxylation sites is 1. The molecule has 2 aromatic carbocycles. The Morgan fingerprint density at radius 2 is 1.96 bits per heavy atom. The van der Waals surface area contributed by atoms with Gasteiger partial charge in [0, 0.05) is 18.6 Å². The van der Waals surface area contributed by atoms with Crippen LogP contribution in [0.2, 0.25) is 0 Å². The summed E-state index contributed by atoms with van der Waals surface area (Å²) in [5.74, 6) is -1.61. The summed E-state index contributed by atoms with van der Waals surface area (Å²) in [5, 5.41) is 12.8. The van der Waals surface area contributed by atoms with E-state index < -0.39 is 29.2 Å². The van der Waals surface area contributed by atoms with E-state index in [4.69, 9.17) is 9.47 Å². The van der Waals surface area contributed by atoms with Crippen LogP contribution in [0.3, 0.4) is 0 Å². The molecule has 0 saturated heterocycles. The lowest BCUT2D eigenvalue weighted by molar-refractivity contribution is -0.384. The maximum atomic E-state index is 13.6. The number of hydrogen-bond donors (Lipinski definition) is 1. The molecule has 27 heavy (non-hydrogen) atoms. The Hall–Kier alpha value is -3.49. The summed E-state index contributed by atoms with van der Waals surface area (Å²) in [4.78, 5) is 33.5. The van der Waals surface area contributed by atoms with Crippen molar-refractivity contribution in [3.63, 3.8) is 0 Å². The number of nitrogens with zero attached hydrogens (tertiary/aromatic N) is 1. The molecule has 1 amide bonds. The first kappa shape index (κ1) is 19.8. The van der Waals surface area contributed by atoms with Crippen molar-refractivity contribution >= 4 is 23.3 Å². The lowest BCUT2D eigenvalue weighted by Crippen LogP contribution is -2.21. The number of carbonyl (C=O) groups excluding carboxylic acids is 2. The quantitative estimate of drug-likeness (QED) is 0.431. The van der Waals surface area contributed by atoms with Crippen molar-refractivity contribution in [2.45, 2.75) is 12.8 Å². The number of aryl methyl sites for hydroxylation is 1. The number of nitro benzene ring substituents is 1. The topological polar surface area (TPSA) is 108 Å². The van der Waals surface area contributed by atoms with Crippen LogP contribution in [0.25, 0.3) is 0 Å². The van der Waals surface area contributed by atoms with Crippen molar-refractivity contribution in [1.29, 1.82) is 0 Å². The Balaban J connectivity index is 1.84. The van der Waals surface area contributed by atoms with Crippen LogP contribution < -0.4 is 10.1 Å². The number of rotatable bonds is 8. The predicted molar refractivity (Wildman–Crippen MR) is 94.0 cm³/mol. The normalized spacial score (nSPS) is 10.1. The lowest BCUT2D eigenvalue weighted by Gasteiger charge is -2.09. The van der Waals surface area contributed by atoms with Crippen LogP contribution in [-0.2, 0) is 20.7 Å². The lowest BCUT2D eigenvalue weighted by atomic mass is 10.1. The second-order valence-corrected chi connectivity index (χ2v) is 5.44. The second-order valence-electron chi connectivity index (χ2n) is 5.44. The minimum atomic E-state index is -0.837. The molecular weight excluding hydrogens is 359 g/mol. The molecule has 0 radical (unpaired) electrons. The Morgan fingerprint density at radius 3 is 2.67 bits per heavy atom. The molecule has 9 heteroatoms. The van der Waals surface area contributed by atoms with Gasteiger partial charge in [0.15, 0.2) is 6.61 Å². The fourth-order valence-corrected chi connectivity index (χ4v) is 2.27. The van der Waals surface area contributed by atoms with Crippen LogP contribution in [0, 0.1) is 15.9 Å². The molecule has 0 fully saturated rings. The Bertz CT molecular complexity index is 855. The van der Waals surface area contributed by atoms with E-state index in [0.29, 0.717) is 12.2 Å². The summed E-state index contributed by atoms with van der Waals surface area (Å²) in [6.07, 6.45) is 0.392. The third kappa shape index (κ3) is 5.77. The van der Waals surface area contributed by atoms with Crippen molar-refractivity contribution in [3.8, 4) is 5.75 Å². The number of non-ortho nitro benzene ring substituents is 1. The average Bonchev–Trinajstić information content (AvgIpc) is 2.66. The summed E-state index contributed by atoms with van der Waals surface area (Å²) in [6, 6.07) is 9.92. The van der Waals surface area contributed by atoms with E-state index in [1.165, 1.54) is 7.11 Å². The molecule has 0 bridgehead atoms. The number of halogens is 1. The van der Waals surface area contributed by atoms with Gasteiger partial charge in [0.1, 0.15) is 11.6 Å². The van der Waals surface area contributed by atoms with E-state index in [9.17, 15) is 24.1 Å². The molecule has 0 aromatic heterocycles. The van der Waals surface area contributed by atoms with E-state index in [1.807, 2.05) is 12.1 Å². The molecule has 0 aliphatic rings. The van der Waals surface area contributed by atoms with Crippen molar-refractivity contribution in [3.05, 3.63) is 64.0 Å². The van der Waals surface area contributed by atoms with Crippen LogP contribution >= 0.6 is 0 Å². The fraction of sp³-hybridized carbons (Fsp3) is 0.222. The van der Waals surface area contributed by atoms with Crippen molar-refractivity contribution in [2.75, 3.05) is 19.0 Å². The third-order valence-electron chi connectivity index (χ3n) is 3.59. The highest BCUT2D eigenvalue weighted by Crippen LogP contribution is 2.21. The van der Waals surface area contributed by atoms with Gasteiger partial charge in [-0.2, -0.15) is 0 Å². The zero-order chi connectivity index (χ0) is 19.8. The van der Waals surface area contributed by atoms with Crippen LogP contribution in [0.5, 0.6) is 5.75 Å². The van der Waals surface area contributed by atoms with Gasteiger partial charge in [0.05, 0.1) is 17.7 Å². The highest BCUT2D eigenvalue weighted by atomic mass is 19.1. The zero-order valence-corrected chi connectivity index (χ0v) is 14.4. The van der Waals surface area contributed by atoms with Gasteiger partial charge in [0.25, 0.3) is 11.6 Å². The minimum absolute atomic E-state index is 0.0266. The van der Waals surface area contributed by atoms with Gasteiger partial charge in [-0.15, -0.1) is 0 Å². The maximum Gasteiger partial charge on any atom is 0.306 e. The highest BCUT2D eigenvalue weighted by Gasteiger charge is 2.14. The summed E-state index contributed by atoms with van der Waals surface area (Å²) in [6.45, 7) is -0.632. The van der Waals surface area contributed by atoms with Crippen molar-refractivity contribution in [1.82, 2.24) is 0 Å². The number of benzene rings is 2. The Morgan fingerprint density at radius 1 is 1.22 bits per heavy atom. The first-order valence-electron chi connectivity index (χ1n) is 7.92. The number of nitro groups is 1. The van der Waals surface area contributed by atoms with E-state index in [-0.39, 0.29) is 17.8 Å². The molecule has 0 aliphatic heterocycles. The van der Waals surface area contributed by atoms with Gasteiger partial charge in [-0.3, -0.25) is 19.7 Å².